The molecule has 0 saturated carbocycles. The fourth-order valence-electron chi connectivity index (χ4n) is 1.96. The average molecular weight is 279 g/mol. The van der Waals surface area contributed by atoms with E-state index in [4.69, 9.17) is 15.6 Å². The number of rotatable bonds is 3. The van der Waals surface area contributed by atoms with Gasteiger partial charge in [-0.05, 0) is 6.07 Å². The first-order valence-corrected chi connectivity index (χ1v) is 5.41. The summed E-state index contributed by atoms with van der Waals surface area (Å²) < 4.78 is 45.9. The molecule has 6 nitrogen and oxygen atoms in total. The number of halogens is 3. The van der Waals surface area contributed by atoms with E-state index < -0.39 is 43.1 Å². The lowest BCUT2D eigenvalue weighted by atomic mass is 10.0. The van der Waals surface area contributed by atoms with Gasteiger partial charge in [-0.2, -0.15) is 4.98 Å². The molecule has 1 aliphatic rings. The van der Waals surface area contributed by atoms with Crippen molar-refractivity contribution in [3.8, 4) is 0 Å². The number of aliphatic hydroxyl groups excluding tert-OH is 1. The Labute approximate surface area is 105 Å². The molecule has 1 aliphatic heterocycles. The van der Waals surface area contributed by atoms with Crippen LogP contribution in [0.15, 0.2) is 17.1 Å². The molecule has 0 amide bonds. The molecule has 0 aliphatic carbocycles. The Morgan fingerprint density at radius 1 is 1.63 bits per heavy atom. The Kier molecular flexibility index (Phi) is 3.27. The molecule has 9 heteroatoms. The summed E-state index contributed by atoms with van der Waals surface area (Å²) in [5.41, 5.74) is 2.21. The van der Waals surface area contributed by atoms with Crippen molar-refractivity contribution in [2.75, 3.05) is 19.0 Å². The maximum Gasteiger partial charge on any atom is 0.351 e. The SMILES string of the molecule is Nc1ccn(C2OC(CO)(CF)CC2(F)F)c(=O)n1. The molecule has 1 saturated heterocycles. The summed E-state index contributed by atoms with van der Waals surface area (Å²) in [6.45, 7) is -2.19. The summed E-state index contributed by atoms with van der Waals surface area (Å²) in [5.74, 6) is -3.63. The minimum Gasteiger partial charge on any atom is -0.393 e. The van der Waals surface area contributed by atoms with E-state index in [1.807, 2.05) is 0 Å². The Morgan fingerprint density at radius 2 is 2.32 bits per heavy atom. The number of anilines is 1. The van der Waals surface area contributed by atoms with Crippen LogP contribution in [-0.2, 0) is 4.74 Å². The second kappa shape index (κ2) is 4.49. The lowest BCUT2D eigenvalue weighted by molar-refractivity contribution is -0.148. The fourth-order valence-corrected chi connectivity index (χ4v) is 1.96. The van der Waals surface area contributed by atoms with Crippen molar-refractivity contribution < 1.29 is 23.0 Å². The average Bonchev–Trinajstić information content (AvgIpc) is 2.62. The Balaban J connectivity index is 2.42. The molecule has 1 aromatic rings. The number of nitrogens with zero attached hydrogens (tertiary/aromatic N) is 2. The predicted octanol–water partition coefficient (Wildman–Crippen LogP) is 0.0803. The van der Waals surface area contributed by atoms with E-state index in [2.05, 4.69) is 4.98 Å². The molecule has 2 rings (SSSR count). The number of aromatic nitrogens is 2. The van der Waals surface area contributed by atoms with Crippen LogP contribution >= 0.6 is 0 Å². The van der Waals surface area contributed by atoms with Crippen LogP contribution in [0.25, 0.3) is 0 Å². The molecule has 2 atom stereocenters. The third kappa shape index (κ3) is 2.30. The predicted molar refractivity (Wildman–Crippen MR) is 58.4 cm³/mol. The molecule has 0 aromatic carbocycles. The van der Waals surface area contributed by atoms with Gasteiger partial charge in [-0.25, -0.2) is 18.0 Å². The van der Waals surface area contributed by atoms with E-state index in [-0.39, 0.29) is 5.82 Å². The maximum absolute atomic E-state index is 13.8. The zero-order valence-corrected chi connectivity index (χ0v) is 9.72. The minimum absolute atomic E-state index is 0.124. The lowest BCUT2D eigenvalue weighted by Crippen LogP contribution is -2.37. The Morgan fingerprint density at radius 3 is 2.79 bits per heavy atom. The second-order valence-corrected chi connectivity index (χ2v) is 4.43. The molecule has 3 N–H and O–H groups in total. The van der Waals surface area contributed by atoms with Crippen molar-refractivity contribution in [1.29, 1.82) is 0 Å². The van der Waals surface area contributed by atoms with E-state index >= 15 is 0 Å². The van der Waals surface area contributed by atoms with E-state index in [1.165, 1.54) is 0 Å². The highest BCUT2D eigenvalue weighted by molar-refractivity contribution is 5.23. The van der Waals surface area contributed by atoms with Gasteiger partial charge in [-0.15, -0.1) is 0 Å². The molecule has 2 unspecified atom stereocenters. The number of hydrogen-bond acceptors (Lipinski definition) is 5. The van der Waals surface area contributed by atoms with Gasteiger partial charge in [-0.1, -0.05) is 0 Å². The molecule has 1 fully saturated rings. The van der Waals surface area contributed by atoms with Gasteiger partial charge in [0.2, 0.25) is 6.23 Å². The Hall–Kier alpha value is -1.61. The topological polar surface area (TPSA) is 90.4 Å². The third-order valence-electron chi connectivity index (χ3n) is 2.92. The summed E-state index contributed by atoms with van der Waals surface area (Å²) in [6, 6.07) is 1.15. The van der Waals surface area contributed by atoms with E-state index in [0.717, 1.165) is 12.3 Å². The molecule has 0 radical (unpaired) electrons. The van der Waals surface area contributed by atoms with E-state index in [0.29, 0.717) is 4.57 Å². The van der Waals surface area contributed by atoms with Crippen molar-refractivity contribution in [3.63, 3.8) is 0 Å². The zero-order valence-electron chi connectivity index (χ0n) is 9.72. The van der Waals surface area contributed by atoms with Crippen LogP contribution in [0.5, 0.6) is 0 Å². The van der Waals surface area contributed by atoms with Crippen molar-refractivity contribution in [3.05, 3.63) is 22.7 Å². The largest absolute Gasteiger partial charge is 0.393 e. The van der Waals surface area contributed by atoms with Gasteiger partial charge in [0.05, 0.1) is 13.0 Å². The summed E-state index contributed by atoms with van der Waals surface area (Å²) >= 11 is 0. The van der Waals surface area contributed by atoms with Crippen molar-refractivity contribution >= 4 is 5.82 Å². The molecule has 106 valence electrons. The van der Waals surface area contributed by atoms with Crippen molar-refractivity contribution in [2.24, 2.45) is 0 Å². The van der Waals surface area contributed by atoms with E-state index in [9.17, 15) is 18.0 Å². The van der Waals surface area contributed by atoms with E-state index in [1.54, 1.807) is 0 Å². The molecule has 19 heavy (non-hydrogen) atoms. The van der Waals surface area contributed by atoms with Gasteiger partial charge in [0.15, 0.2) is 0 Å². The van der Waals surface area contributed by atoms with Gasteiger partial charge >= 0.3 is 5.69 Å². The molecular weight excluding hydrogens is 267 g/mol. The van der Waals surface area contributed by atoms with Gasteiger partial charge in [0.1, 0.15) is 18.1 Å². The number of ether oxygens (including phenoxy) is 1. The summed E-state index contributed by atoms with van der Waals surface area (Å²) in [6.07, 6.45) is -2.04. The molecule has 1 aromatic heterocycles. The van der Waals surface area contributed by atoms with Crippen LogP contribution in [0, 0.1) is 0 Å². The van der Waals surface area contributed by atoms with Crippen LogP contribution in [0.3, 0.4) is 0 Å². The molecular formula is C10H12F3N3O3. The summed E-state index contributed by atoms with van der Waals surface area (Å²) in [5, 5.41) is 9.01. The van der Waals surface area contributed by atoms with Crippen LogP contribution < -0.4 is 11.4 Å². The molecule has 0 bridgehead atoms. The second-order valence-electron chi connectivity index (χ2n) is 4.43. The van der Waals surface area contributed by atoms with Gasteiger partial charge in [0.25, 0.3) is 5.92 Å². The van der Waals surface area contributed by atoms with Crippen LogP contribution in [0.2, 0.25) is 0 Å². The smallest absolute Gasteiger partial charge is 0.351 e. The van der Waals surface area contributed by atoms with Gasteiger partial charge in [-0.3, -0.25) is 4.57 Å². The van der Waals surface area contributed by atoms with Crippen molar-refractivity contribution in [2.45, 2.75) is 24.2 Å². The summed E-state index contributed by atoms with van der Waals surface area (Å²) in [4.78, 5) is 14.8. The first kappa shape index (κ1) is 13.8. The molecule has 2 heterocycles. The Bertz CT molecular complexity index is 530. The normalized spacial score (nSPS) is 29.6. The standard InChI is InChI=1S/C10H12F3N3O3/c11-4-9(5-17)3-10(12,13)7(19-9)16-2-1-6(14)15-8(16)18/h1-2,7,17H,3-5H2,(H2,14,15,18). The molecule has 0 spiro atoms. The quantitative estimate of drug-likeness (QED) is 0.817. The highest BCUT2D eigenvalue weighted by Gasteiger charge is 2.59. The minimum atomic E-state index is -3.50. The van der Waals surface area contributed by atoms with Crippen LogP contribution in [-0.4, -0.2) is 39.5 Å². The van der Waals surface area contributed by atoms with Gasteiger partial charge in [0, 0.05) is 6.20 Å². The number of aliphatic hydroxyl groups is 1. The first-order valence-electron chi connectivity index (χ1n) is 5.41. The number of hydrogen-bond donors (Lipinski definition) is 2. The zero-order chi connectivity index (χ0) is 14.3. The van der Waals surface area contributed by atoms with Crippen molar-refractivity contribution in [1.82, 2.24) is 9.55 Å². The third-order valence-corrected chi connectivity index (χ3v) is 2.92. The van der Waals surface area contributed by atoms with Crippen LogP contribution in [0.4, 0.5) is 19.0 Å². The van der Waals surface area contributed by atoms with Crippen LogP contribution in [0.1, 0.15) is 12.6 Å². The fraction of sp³-hybridized carbons (Fsp3) is 0.600. The first-order chi connectivity index (χ1) is 8.83. The number of alkyl halides is 3. The highest BCUT2D eigenvalue weighted by Crippen LogP contribution is 2.47. The number of nitrogen functional groups attached to an aromatic ring is 1. The summed E-state index contributed by atoms with van der Waals surface area (Å²) in [7, 11) is 0. The lowest BCUT2D eigenvalue weighted by Gasteiger charge is -2.23. The number of nitrogens with two attached hydrogens (primary N) is 1. The highest BCUT2D eigenvalue weighted by atomic mass is 19.3. The monoisotopic (exact) mass is 279 g/mol. The maximum atomic E-state index is 13.8. The van der Waals surface area contributed by atoms with Gasteiger partial charge < -0.3 is 15.6 Å².